The molecular weight excluding hydrogens is 347 g/mol. The Hall–Kier alpha value is -1.75. The van der Waals surface area contributed by atoms with E-state index >= 15 is 0 Å². The van der Waals surface area contributed by atoms with Crippen molar-refractivity contribution in [2.24, 2.45) is 0 Å². The smallest absolute Gasteiger partial charge is 0.251 e. The molecule has 0 spiro atoms. The SMILES string of the molecule is COc1c(Cl)cc(C(=O)NCC(c2ccccc2)N(C)C)cc1Cl. The summed E-state index contributed by atoms with van der Waals surface area (Å²) in [6.07, 6.45) is 0. The van der Waals surface area contributed by atoms with Crippen LogP contribution in [0.4, 0.5) is 0 Å². The van der Waals surface area contributed by atoms with Crippen LogP contribution in [0.15, 0.2) is 42.5 Å². The van der Waals surface area contributed by atoms with Crippen molar-refractivity contribution < 1.29 is 9.53 Å². The quantitative estimate of drug-likeness (QED) is 0.838. The number of carbonyl (C=O) groups is 1. The number of nitrogens with zero attached hydrogens (tertiary/aromatic N) is 1. The average Bonchev–Trinajstić information content (AvgIpc) is 2.55. The van der Waals surface area contributed by atoms with Crippen molar-refractivity contribution in [1.29, 1.82) is 0 Å². The molecule has 2 aromatic rings. The predicted octanol–water partition coefficient (Wildman–Crippen LogP) is 4.03. The van der Waals surface area contributed by atoms with Gasteiger partial charge in [-0.15, -0.1) is 0 Å². The topological polar surface area (TPSA) is 41.6 Å². The van der Waals surface area contributed by atoms with Crippen LogP contribution in [0.2, 0.25) is 10.0 Å². The number of amides is 1. The monoisotopic (exact) mass is 366 g/mol. The van der Waals surface area contributed by atoms with Crippen LogP contribution in [-0.4, -0.2) is 38.6 Å². The number of hydrogen-bond acceptors (Lipinski definition) is 3. The third-order valence-corrected chi connectivity index (χ3v) is 4.29. The van der Waals surface area contributed by atoms with Gasteiger partial charge in [-0.1, -0.05) is 53.5 Å². The van der Waals surface area contributed by atoms with Gasteiger partial charge in [0, 0.05) is 12.1 Å². The largest absolute Gasteiger partial charge is 0.494 e. The minimum absolute atomic E-state index is 0.0688. The van der Waals surface area contributed by atoms with E-state index in [-0.39, 0.29) is 11.9 Å². The Kier molecular flexibility index (Phi) is 6.49. The molecule has 0 aromatic heterocycles. The molecule has 128 valence electrons. The molecule has 0 bridgehead atoms. The van der Waals surface area contributed by atoms with Gasteiger partial charge in [0.25, 0.3) is 5.91 Å². The molecule has 1 atom stereocenters. The number of hydrogen-bond donors (Lipinski definition) is 1. The zero-order valence-corrected chi connectivity index (χ0v) is 15.4. The lowest BCUT2D eigenvalue weighted by Crippen LogP contribution is -2.34. The van der Waals surface area contributed by atoms with E-state index in [4.69, 9.17) is 27.9 Å². The lowest BCUT2D eigenvalue weighted by molar-refractivity contribution is 0.0942. The van der Waals surface area contributed by atoms with Crippen molar-refractivity contribution in [3.05, 3.63) is 63.6 Å². The zero-order valence-electron chi connectivity index (χ0n) is 13.8. The summed E-state index contributed by atoms with van der Waals surface area (Å²) in [5, 5.41) is 3.55. The Labute approximate surface area is 152 Å². The van der Waals surface area contributed by atoms with Crippen LogP contribution in [0.1, 0.15) is 22.0 Å². The summed E-state index contributed by atoms with van der Waals surface area (Å²) in [6.45, 7) is 0.469. The third kappa shape index (κ3) is 4.41. The Bertz CT molecular complexity index is 682. The number of nitrogens with one attached hydrogen (secondary N) is 1. The van der Waals surface area contributed by atoms with Crippen molar-refractivity contribution in [3.63, 3.8) is 0 Å². The highest BCUT2D eigenvalue weighted by atomic mass is 35.5. The van der Waals surface area contributed by atoms with Gasteiger partial charge in [0.05, 0.1) is 23.2 Å². The number of halogens is 2. The molecule has 1 unspecified atom stereocenters. The summed E-state index contributed by atoms with van der Waals surface area (Å²) < 4.78 is 5.10. The predicted molar refractivity (Wildman–Crippen MR) is 98.2 cm³/mol. The van der Waals surface area contributed by atoms with Gasteiger partial charge in [-0.2, -0.15) is 0 Å². The van der Waals surface area contributed by atoms with E-state index in [2.05, 4.69) is 10.2 Å². The second-order valence-electron chi connectivity index (χ2n) is 5.57. The molecule has 24 heavy (non-hydrogen) atoms. The van der Waals surface area contributed by atoms with E-state index in [0.29, 0.717) is 27.9 Å². The number of carbonyl (C=O) groups excluding carboxylic acids is 1. The standard InChI is InChI=1S/C18H20Cl2N2O2/c1-22(2)16(12-7-5-4-6-8-12)11-21-18(23)13-9-14(19)17(24-3)15(20)10-13/h4-10,16H,11H2,1-3H3,(H,21,23). The van der Waals surface area contributed by atoms with Crippen molar-refractivity contribution >= 4 is 29.1 Å². The van der Waals surface area contributed by atoms with E-state index < -0.39 is 0 Å². The van der Waals surface area contributed by atoms with Crippen LogP contribution in [0, 0.1) is 0 Å². The van der Waals surface area contributed by atoms with Gasteiger partial charge in [-0.25, -0.2) is 0 Å². The summed E-state index contributed by atoms with van der Waals surface area (Å²) in [5.41, 5.74) is 1.53. The third-order valence-electron chi connectivity index (χ3n) is 3.73. The molecule has 2 aromatic carbocycles. The normalized spacial score (nSPS) is 12.1. The van der Waals surface area contributed by atoms with Crippen molar-refractivity contribution in [3.8, 4) is 5.75 Å². The van der Waals surface area contributed by atoms with Crippen LogP contribution in [-0.2, 0) is 0 Å². The number of rotatable bonds is 6. The fraction of sp³-hybridized carbons (Fsp3) is 0.278. The molecule has 6 heteroatoms. The highest BCUT2D eigenvalue weighted by molar-refractivity contribution is 6.37. The Morgan fingerprint density at radius 1 is 1.17 bits per heavy atom. The van der Waals surface area contributed by atoms with Gasteiger partial charge in [0.15, 0.2) is 5.75 Å². The maximum absolute atomic E-state index is 12.4. The highest BCUT2D eigenvalue weighted by Gasteiger charge is 2.17. The number of ether oxygens (including phenoxy) is 1. The first kappa shape index (κ1) is 18.6. The maximum Gasteiger partial charge on any atom is 0.251 e. The first-order valence-corrected chi connectivity index (χ1v) is 8.22. The molecule has 0 fully saturated rings. The van der Waals surface area contributed by atoms with E-state index in [9.17, 15) is 4.79 Å². The van der Waals surface area contributed by atoms with E-state index in [1.54, 1.807) is 12.1 Å². The number of likely N-dealkylation sites (N-methyl/N-ethyl adjacent to an activating group) is 1. The van der Waals surface area contributed by atoms with Crippen molar-refractivity contribution in [2.45, 2.75) is 6.04 Å². The second kappa shape index (κ2) is 8.38. The molecule has 0 saturated carbocycles. The minimum Gasteiger partial charge on any atom is -0.494 e. The van der Waals surface area contributed by atoms with Gasteiger partial charge >= 0.3 is 0 Å². The van der Waals surface area contributed by atoms with E-state index in [0.717, 1.165) is 5.56 Å². The van der Waals surface area contributed by atoms with Gasteiger partial charge in [0.1, 0.15) is 0 Å². The first-order chi connectivity index (χ1) is 11.4. The molecule has 4 nitrogen and oxygen atoms in total. The van der Waals surface area contributed by atoms with Gasteiger partial charge in [0.2, 0.25) is 0 Å². The first-order valence-electron chi connectivity index (χ1n) is 7.46. The van der Waals surface area contributed by atoms with Crippen LogP contribution in [0.25, 0.3) is 0 Å². The minimum atomic E-state index is -0.232. The Balaban J connectivity index is 2.12. The fourth-order valence-corrected chi connectivity index (χ4v) is 3.09. The summed E-state index contributed by atoms with van der Waals surface area (Å²) in [7, 11) is 5.43. The molecular formula is C18H20Cl2N2O2. The van der Waals surface area contributed by atoms with Crippen molar-refractivity contribution in [2.75, 3.05) is 27.7 Å². The fourth-order valence-electron chi connectivity index (χ4n) is 2.45. The molecule has 0 aliphatic heterocycles. The van der Waals surface area contributed by atoms with E-state index in [1.165, 1.54) is 7.11 Å². The average molecular weight is 367 g/mol. The maximum atomic E-state index is 12.4. The zero-order chi connectivity index (χ0) is 17.7. The van der Waals surface area contributed by atoms with E-state index in [1.807, 2.05) is 44.4 Å². The van der Waals surface area contributed by atoms with Crippen LogP contribution in [0.3, 0.4) is 0 Å². The highest BCUT2D eigenvalue weighted by Crippen LogP contribution is 2.33. The van der Waals surface area contributed by atoms with Gasteiger partial charge < -0.3 is 15.0 Å². The number of benzene rings is 2. The molecule has 0 aliphatic rings. The second-order valence-corrected chi connectivity index (χ2v) is 6.39. The Morgan fingerprint density at radius 3 is 2.25 bits per heavy atom. The molecule has 1 N–H and O–H groups in total. The van der Waals surface area contributed by atoms with Crippen LogP contribution >= 0.6 is 23.2 Å². The summed E-state index contributed by atoms with van der Waals surface area (Å²) in [6, 6.07) is 13.2. The van der Waals surface area contributed by atoms with Crippen LogP contribution < -0.4 is 10.1 Å². The lowest BCUT2D eigenvalue weighted by atomic mass is 10.1. The van der Waals surface area contributed by atoms with Gasteiger partial charge in [-0.3, -0.25) is 4.79 Å². The molecule has 1 amide bonds. The Morgan fingerprint density at radius 2 is 1.75 bits per heavy atom. The summed E-state index contributed by atoms with van der Waals surface area (Å²) in [5.74, 6) is 0.134. The molecule has 0 heterocycles. The van der Waals surface area contributed by atoms with Gasteiger partial charge in [-0.05, 0) is 31.8 Å². The summed E-state index contributed by atoms with van der Waals surface area (Å²) in [4.78, 5) is 14.5. The molecule has 0 aliphatic carbocycles. The van der Waals surface area contributed by atoms with Crippen LogP contribution in [0.5, 0.6) is 5.75 Å². The summed E-state index contributed by atoms with van der Waals surface area (Å²) >= 11 is 12.2. The lowest BCUT2D eigenvalue weighted by Gasteiger charge is -2.25. The molecule has 0 saturated heterocycles. The van der Waals surface area contributed by atoms with Crippen molar-refractivity contribution in [1.82, 2.24) is 10.2 Å². The molecule has 2 rings (SSSR count). The number of methoxy groups -OCH3 is 1. The molecule has 0 radical (unpaired) electrons.